The number of rotatable bonds is 5. The summed E-state index contributed by atoms with van der Waals surface area (Å²) in [7, 11) is 1.66. The van der Waals surface area contributed by atoms with Gasteiger partial charge in [-0.25, -0.2) is 4.39 Å². The molecular formula is C15H17FN4O2. The van der Waals surface area contributed by atoms with Crippen LogP contribution in [0, 0.1) is 12.7 Å². The van der Waals surface area contributed by atoms with Gasteiger partial charge < -0.3 is 10.6 Å². The fraction of sp³-hybridized carbons (Fsp3) is 0.267. The molecule has 2 N–H and O–H groups in total. The lowest BCUT2D eigenvalue weighted by molar-refractivity contribution is -0.120. The van der Waals surface area contributed by atoms with Crippen molar-refractivity contribution in [1.82, 2.24) is 20.4 Å². The minimum Gasteiger partial charge on any atom is -0.350 e. The van der Waals surface area contributed by atoms with Crippen molar-refractivity contribution in [2.24, 2.45) is 7.05 Å². The van der Waals surface area contributed by atoms with Gasteiger partial charge in [0.05, 0.1) is 12.2 Å². The van der Waals surface area contributed by atoms with Crippen molar-refractivity contribution in [3.05, 3.63) is 53.1 Å². The van der Waals surface area contributed by atoms with Gasteiger partial charge in [0.25, 0.3) is 5.91 Å². The van der Waals surface area contributed by atoms with Gasteiger partial charge in [0.15, 0.2) is 0 Å². The van der Waals surface area contributed by atoms with E-state index in [9.17, 15) is 14.0 Å². The van der Waals surface area contributed by atoms with Crippen molar-refractivity contribution in [1.29, 1.82) is 0 Å². The van der Waals surface area contributed by atoms with Gasteiger partial charge in [-0.3, -0.25) is 14.3 Å². The average molecular weight is 304 g/mol. The molecular weight excluding hydrogens is 287 g/mol. The maximum atomic E-state index is 12.7. The molecule has 22 heavy (non-hydrogen) atoms. The molecule has 7 heteroatoms. The minimum absolute atomic E-state index is 0.135. The van der Waals surface area contributed by atoms with Crippen LogP contribution < -0.4 is 10.6 Å². The molecule has 1 aromatic heterocycles. The van der Waals surface area contributed by atoms with Crippen LogP contribution in [0.1, 0.15) is 21.7 Å². The lowest BCUT2D eigenvalue weighted by Crippen LogP contribution is -2.37. The molecule has 0 bridgehead atoms. The fourth-order valence-electron chi connectivity index (χ4n) is 1.94. The summed E-state index contributed by atoms with van der Waals surface area (Å²) in [6.07, 6.45) is 0. The fourth-order valence-corrected chi connectivity index (χ4v) is 1.94. The van der Waals surface area contributed by atoms with Gasteiger partial charge in [0, 0.05) is 13.6 Å². The maximum Gasteiger partial charge on any atom is 0.269 e. The number of nitrogens with zero attached hydrogens (tertiary/aromatic N) is 2. The van der Waals surface area contributed by atoms with Crippen molar-refractivity contribution in [2.45, 2.75) is 13.5 Å². The quantitative estimate of drug-likeness (QED) is 0.862. The van der Waals surface area contributed by atoms with Gasteiger partial charge in [-0.1, -0.05) is 12.1 Å². The van der Waals surface area contributed by atoms with Crippen LogP contribution in [0.25, 0.3) is 0 Å². The first-order valence-corrected chi connectivity index (χ1v) is 6.75. The zero-order chi connectivity index (χ0) is 16.1. The van der Waals surface area contributed by atoms with E-state index in [0.717, 1.165) is 11.3 Å². The highest BCUT2D eigenvalue weighted by atomic mass is 19.1. The largest absolute Gasteiger partial charge is 0.350 e. The highest BCUT2D eigenvalue weighted by molar-refractivity contribution is 5.95. The molecule has 0 aliphatic carbocycles. The Morgan fingerprint density at radius 2 is 1.91 bits per heavy atom. The van der Waals surface area contributed by atoms with E-state index in [0.29, 0.717) is 5.69 Å². The van der Waals surface area contributed by atoms with Crippen LogP contribution in [0.15, 0.2) is 30.3 Å². The number of aromatic nitrogens is 2. The Bertz CT molecular complexity index is 679. The number of benzene rings is 1. The zero-order valence-corrected chi connectivity index (χ0v) is 12.4. The number of carbonyl (C=O) groups is 2. The van der Waals surface area contributed by atoms with E-state index in [2.05, 4.69) is 15.7 Å². The Kier molecular flexibility index (Phi) is 4.88. The molecule has 0 saturated carbocycles. The summed E-state index contributed by atoms with van der Waals surface area (Å²) in [5.74, 6) is -1.01. The molecule has 6 nitrogen and oxygen atoms in total. The summed E-state index contributed by atoms with van der Waals surface area (Å²) < 4.78 is 14.2. The molecule has 1 aromatic carbocycles. The van der Waals surface area contributed by atoms with Crippen molar-refractivity contribution in [3.63, 3.8) is 0 Å². The second kappa shape index (κ2) is 6.84. The number of aryl methyl sites for hydroxylation is 2. The predicted octanol–water partition coefficient (Wildman–Crippen LogP) is 0.914. The van der Waals surface area contributed by atoms with Gasteiger partial charge in [-0.15, -0.1) is 0 Å². The van der Waals surface area contributed by atoms with Crippen molar-refractivity contribution in [3.8, 4) is 0 Å². The highest BCUT2D eigenvalue weighted by Gasteiger charge is 2.12. The van der Waals surface area contributed by atoms with Gasteiger partial charge >= 0.3 is 0 Å². The van der Waals surface area contributed by atoms with Gasteiger partial charge in [-0.2, -0.15) is 5.10 Å². The monoisotopic (exact) mass is 304 g/mol. The topological polar surface area (TPSA) is 76.0 Å². The number of hydrogen-bond acceptors (Lipinski definition) is 3. The van der Waals surface area contributed by atoms with Crippen LogP contribution in [-0.4, -0.2) is 28.1 Å². The number of hydrogen-bond donors (Lipinski definition) is 2. The molecule has 0 unspecified atom stereocenters. The predicted molar refractivity (Wildman–Crippen MR) is 78.5 cm³/mol. The van der Waals surface area contributed by atoms with Crippen LogP contribution in [0.4, 0.5) is 4.39 Å². The lowest BCUT2D eigenvalue weighted by Gasteiger charge is -2.07. The Morgan fingerprint density at radius 1 is 1.23 bits per heavy atom. The Labute approximate surface area is 127 Å². The van der Waals surface area contributed by atoms with E-state index in [4.69, 9.17) is 0 Å². The summed E-state index contributed by atoms with van der Waals surface area (Å²) in [5.41, 5.74) is 1.90. The second-order valence-corrected chi connectivity index (χ2v) is 4.88. The first kappa shape index (κ1) is 15.7. The Balaban J connectivity index is 1.79. The first-order chi connectivity index (χ1) is 10.5. The van der Waals surface area contributed by atoms with Gasteiger partial charge in [0.1, 0.15) is 11.5 Å². The van der Waals surface area contributed by atoms with E-state index >= 15 is 0 Å². The van der Waals surface area contributed by atoms with Crippen molar-refractivity contribution in [2.75, 3.05) is 6.54 Å². The Hall–Kier alpha value is -2.70. The van der Waals surface area contributed by atoms with Gasteiger partial charge in [-0.05, 0) is 30.7 Å². The average Bonchev–Trinajstić information content (AvgIpc) is 2.83. The summed E-state index contributed by atoms with van der Waals surface area (Å²) in [4.78, 5) is 23.6. The third-order valence-electron chi connectivity index (χ3n) is 3.05. The number of halogens is 1. The van der Waals surface area contributed by atoms with E-state index in [1.807, 2.05) is 0 Å². The second-order valence-electron chi connectivity index (χ2n) is 4.88. The molecule has 0 aliphatic heterocycles. The molecule has 1 heterocycles. The summed E-state index contributed by atoms with van der Waals surface area (Å²) in [6, 6.07) is 7.48. The minimum atomic E-state index is -0.361. The van der Waals surface area contributed by atoms with Crippen LogP contribution in [-0.2, 0) is 18.4 Å². The normalized spacial score (nSPS) is 10.3. The molecule has 2 aromatic rings. The molecule has 2 amide bonds. The summed E-state index contributed by atoms with van der Waals surface area (Å²) >= 11 is 0. The first-order valence-electron chi connectivity index (χ1n) is 6.75. The molecule has 0 saturated heterocycles. The lowest BCUT2D eigenvalue weighted by atomic mass is 10.2. The summed E-state index contributed by atoms with van der Waals surface area (Å²) in [5, 5.41) is 9.24. The number of amides is 2. The van der Waals surface area contributed by atoms with E-state index in [1.54, 1.807) is 32.2 Å². The zero-order valence-electron chi connectivity index (χ0n) is 12.4. The molecule has 0 aliphatic rings. The summed E-state index contributed by atoms with van der Waals surface area (Å²) in [6.45, 7) is 1.93. The van der Waals surface area contributed by atoms with Crippen LogP contribution in [0.2, 0.25) is 0 Å². The van der Waals surface area contributed by atoms with Crippen LogP contribution in [0.5, 0.6) is 0 Å². The molecule has 2 rings (SSSR count). The van der Waals surface area contributed by atoms with Crippen LogP contribution in [0.3, 0.4) is 0 Å². The third-order valence-corrected chi connectivity index (χ3v) is 3.05. The molecule has 0 atom stereocenters. The van der Waals surface area contributed by atoms with E-state index in [-0.39, 0.29) is 30.7 Å². The SMILES string of the molecule is Cc1cc(C(=O)NCC(=O)NCc2ccc(F)cc2)n(C)n1. The molecule has 0 fully saturated rings. The van der Waals surface area contributed by atoms with Gasteiger partial charge in [0.2, 0.25) is 5.91 Å². The highest BCUT2D eigenvalue weighted by Crippen LogP contribution is 2.02. The molecule has 116 valence electrons. The van der Waals surface area contributed by atoms with E-state index < -0.39 is 0 Å². The standard InChI is InChI=1S/C15H17FN4O2/c1-10-7-13(20(2)19-10)15(22)18-9-14(21)17-8-11-3-5-12(16)6-4-11/h3-7H,8-9H2,1-2H3,(H,17,21)(H,18,22). The van der Waals surface area contributed by atoms with Crippen molar-refractivity contribution < 1.29 is 14.0 Å². The number of nitrogens with one attached hydrogen (secondary N) is 2. The van der Waals surface area contributed by atoms with E-state index in [1.165, 1.54) is 16.8 Å². The molecule has 0 spiro atoms. The maximum absolute atomic E-state index is 12.7. The number of carbonyl (C=O) groups excluding carboxylic acids is 2. The third kappa shape index (κ3) is 4.15. The Morgan fingerprint density at radius 3 is 2.50 bits per heavy atom. The van der Waals surface area contributed by atoms with Crippen LogP contribution >= 0.6 is 0 Å². The van der Waals surface area contributed by atoms with Crippen molar-refractivity contribution >= 4 is 11.8 Å². The smallest absolute Gasteiger partial charge is 0.269 e. The molecule has 0 radical (unpaired) electrons.